The Labute approximate surface area is 163 Å². The third kappa shape index (κ3) is 6.92. The van der Waals surface area contributed by atoms with Gasteiger partial charge in [0.1, 0.15) is 6.10 Å². The van der Waals surface area contributed by atoms with Crippen LogP contribution in [0.15, 0.2) is 12.7 Å². The Kier molecular flexibility index (Phi) is 10.6. The zero-order valence-electron chi connectivity index (χ0n) is 17.8. The molecule has 2 rings (SSSR count). The molecule has 0 amide bonds. The Morgan fingerprint density at radius 2 is 1.81 bits per heavy atom. The molecule has 0 radical (unpaired) electrons. The number of hydrogen-bond donors (Lipinski definition) is 2. The first-order valence-electron chi connectivity index (χ1n) is 9.58. The molecule has 0 aromatic carbocycles. The lowest BCUT2D eigenvalue weighted by molar-refractivity contribution is -0.150. The number of fused-ring (bicyclic) bond motifs is 2. The zero-order valence-corrected chi connectivity index (χ0v) is 20.8. The van der Waals surface area contributed by atoms with Crippen molar-refractivity contribution in [3.05, 3.63) is 12.7 Å². The average Bonchev–Trinajstić information content (AvgIpc) is 2.88. The van der Waals surface area contributed by atoms with Gasteiger partial charge in [-0.25, -0.2) is 4.79 Å². The van der Waals surface area contributed by atoms with E-state index < -0.39 is 8.32 Å². The van der Waals surface area contributed by atoms with E-state index in [4.69, 9.17) is 19.4 Å². The van der Waals surface area contributed by atoms with Crippen LogP contribution in [0, 0.1) is 16.7 Å². The summed E-state index contributed by atoms with van der Waals surface area (Å²) in [7, 11) is 0.0599. The molecule has 0 aliphatic heterocycles. The topological polar surface area (TPSA) is 76.0 Å². The quantitative estimate of drug-likeness (QED) is 0.417. The second-order valence-electron chi connectivity index (χ2n) is 8.73. The van der Waals surface area contributed by atoms with Crippen LogP contribution in [0.4, 0.5) is 0 Å². The van der Waals surface area contributed by atoms with Gasteiger partial charge in [-0.1, -0.05) is 27.4 Å². The maximum Gasteiger partial charge on any atom is 0.330 e. The monoisotopic (exact) mass is 404 g/mol. The highest BCUT2D eigenvalue weighted by atomic mass is 28.4. The van der Waals surface area contributed by atoms with Gasteiger partial charge >= 0.3 is 5.97 Å². The summed E-state index contributed by atoms with van der Waals surface area (Å²) >= 11 is 0. The molecule has 2 bridgehead atoms. The highest BCUT2D eigenvalue weighted by Crippen LogP contribution is 2.66. The van der Waals surface area contributed by atoms with Gasteiger partial charge in [-0.2, -0.15) is 0 Å². The zero-order chi connectivity index (χ0) is 20.6. The van der Waals surface area contributed by atoms with E-state index in [0.29, 0.717) is 11.3 Å². The van der Waals surface area contributed by atoms with Gasteiger partial charge < -0.3 is 19.4 Å². The minimum atomic E-state index is -1.12. The summed E-state index contributed by atoms with van der Waals surface area (Å²) in [6, 6.07) is 0. The smallest absolute Gasteiger partial charge is 0.330 e. The minimum absolute atomic E-state index is 0.0942. The molecule has 0 heterocycles. The van der Waals surface area contributed by atoms with Gasteiger partial charge in [0.05, 0.1) is 13.2 Å². The fourth-order valence-corrected chi connectivity index (χ4v) is 7.39. The van der Waals surface area contributed by atoms with Gasteiger partial charge in [-0.15, -0.1) is 0 Å². The van der Waals surface area contributed by atoms with E-state index in [2.05, 4.69) is 47.0 Å². The molecule has 2 aliphatic carbocycles. The van der Waals surface area contributed by atoms with Crippen LogP contribution in [-0.2, 0) is 14.0 Å². The third-order valence-corrected chi connectivity index (χ3v) is 7.84. The Balaban J connectivity index is 0.000000477. The number of hydrogen-bond acceptors (Lipinski definition) is 5. The third-order valence-electron chi connectivity index (χ3n) is 5.82. The number of carbonyl (C=O) groups excluding carboxylic acids is 1. The van der Waals surface area contributed by atoms with E-state index in [1.165, 1.54) is 29.2 Å². The fourth-order valence-electron chi connectivity index (χ4n) is 3.93. The van der Waals surface area contributed by atoms with Gasteiger partial charge in [0, 0.05) is 28.0 Å². The van der Waals surface area contributed by atoms with Crippen molar-refractivity contribution in [2.45, 2.75) is 65.8 Å². The summed E-state index contributed by atoms with van der Waals surface area (Å²) in [5, 5.41) is 15.2. The molecule has 26 heavy (non-hydrogen) atoms. The summed E-state index contributed by atoms with van der Waals surface area (Å²) in [4.78, 5) is 11.3. The highest BCUT2D eigenvalue weighted by Gasteiger charge is 2.62. The van der Waals surface area contributed by atoms with Crippen LogP contribution >= 0.6 is 0 Å². The van der Waals surface area contributed by atoms with Gasteiger partial charge in [-0.3, -0.25) is 0 Å². The molecule has 2 N–H and O–H groups in total. The normalized spacial score (nSPS) is 28.5. The van der Waals surface area contributed by atoms with Crippen LogP contribution < -0.4 is 0 Å². The van der Waals surface area contributed by atoms with Crippen molar-refractivity contribution in [2.24, 2.45) is 16.7 Å². The molecule has 0 aromatic rings. The SMILES string of the molecule is C=CC(=O)O[C@H]1C[C@@H]2CC[C@@]1(C)C2(C)C.C[Si](C)(C)OC[SiH3].OCCO. The number of esters is 1. The summed E-state index contributed by atoms with van der Waals surface area (Å²) in [5.74, 6) is 0.440. The average molecular weight is 405 g/mol. The van der Waals surface area contributed by atoms with Crippen molar-refractivity contribution in [3.8, 4) is 0 Å². The van der Waals surface area contributed by atoms with Gasteiger partial charge in [0.2, 0.25) is 0 Å². The first-order chi connectivity index (χ1) is 11.9. The van der Waals surface area contributed by atoms with Crippen LogP contribution in [0.25, 0.3) is 0 Å². The van der Waals surface area contributed by atoms with Gasteiger partial charge in [-0.05, 0) is 50.2 Å². The predicted octanol–water partition coefficient (Wildman–Crippen LogP) is 2.06. The summed E-state index contributed by atoms with van der Waals surface area (Å²) in [6.07, 6.45) is 5.86. The van der Waals surface area contributed by atoms with E-state index >= 15 is 0 Å². The van der Waals surface area contributed by atoms with Gasteiger partial charge in [0.25, 0.3) is 0 Å². The van der Waals surface area contributed by atoms with Crippen molar-refractivity contribution < 1.29 is 24.2 Å². The highest BCUT2D eigenvalue weighted by molar-refractivity contribution is 6.69. The summed E-state index contributed by atoms with van der Waals surface area (Å²) < 4.78 is 10.9. The molecule has 0 aromatic heterocycles. The first-order valence-corrected chi connectivity index (χ1v) is 14.4. The number of ether oxygens (including phenoxy) is 1. The van der Waals surface area contributed by atoms with Crippen LogP contribution in [0.3, 0.4) is 0 Å². The molecule has 0 saturated heterocycles. The molecule has 2 fully saturated rings. The molecule has 0 unspecified atom stereocenters. The lowest BCUT2D eigenvalue weighted by atomic mass is 9.70. The molecule has 0 spiro atoms. The maximum absolute atomic E-state index is 11.3. The molecule has 2 saturated carbocycles. The van der Waals surface area contributed by atoms with Crippen LogP contribution in [-0.4, -0.2) is 60.3 Å². The van der Waals surface area contributed by atoms with Crippen molar-refractivity contribution >= 4 is 24.5 Å². The first kappa shape index (κ1) is 25.5. The molecular formula is C19H40O5Si2. The van der Waals surface area contributed by atoms with Crippen LogP contribution in [0.5, 0.6) is 0 Å². The van der Waals surface area contributed by atoms with Crippen molar-refractivity contribution in [2.75, 3.05) is 19.4 Å². The minimum Gasteiger partial charge on any atom is -0.459 e. The van der Waals surface area contributed by atoms with Crippen LogP contribution in [0.1, 0.15) is 40.0 Å². The molecular weight excluding hydrogens is 364 g/mol. The Morgan fingerprint density at radius 1 is 1.27 bits per heavy atom. The number of aliphatic hydroxyl groups is 2. The summed E-state index contributed by atoms with van der Waals surface area (Å²) in [5.41, 5.74) is 0.468. The molecule has 7 heteroatoms. The lowest BCUT2D eigenvalue weighted by Gasteiger charge is -2.38. The largest absolute Gasteiger partial charge is 0.459 e. The van der Waals surface area contributed by atoms with Crippen molar-refractivity contribution in [3.63, 3.8) is 0 Å². The summed E-state index contributed by atoms with van der Waals surface area (Å²) in [6.45, 7) is 16.7. The number of carbonyl (C=O) groups is 1. The van der Waals surface area contributed by atoms with Crippen LogP contribution in [0.2, 0.25) is 19.6 Å². The predicted molar refractivity (Wildman–Crippen MR) is 113 cm³/mol. The second kappa shape index (κ2) is 10.8. The maximum atomic E-state index is 11.3. The number of rotatable bonds is 5. The van der Waals surface area contributed by atoms with Gasteiger partial charge in [0.15, 0.2) is 8.32 Å². The Hall–Kier alpha value is -0.476. The van der Waals surface area contributed by atoms with E-state index in [9.17, 15) is 4.79 Å². The van der Waals surface area contributed by atoms with Crippen molar-refractivity contribution in [1.82, 2.24) is 0 Å². The molecule has 154 valence electrons. The standard InChI is InChI=1S/C13H20O2.C4H14OSi2.C2H6O2/c1-5-11(14)15-10-8-9-6-7-13(10,4)12(9,2)3;1-7(2,3)5-4-6;3-1-2-4/h5,9-10H,1,6-8H2,2-4H3;4H2,1-3,6H3;3-4H,1-2H2/t9-,10-,13+;;/m0../s1. The molecule has 2 aliphatic rings. The van der Waals surface area contributed by atoms with E-state index in [0.717, 1.165) is 12.7 Å². The Bertz CT molecular complexity index is 446. The van der Waals surface area contributed by atoms with Crippen molar-refractivity contribution in [1.29, 1.82) is 0 Å². The molecule has 3 atom stereocenters. The molecule has 5 nitrogen and oxygen atoms in total. The lowest BCUT2D eigenvalue weighted by Crippen LogP contribution is -2.38. The van der Waals surface area contributed by atoms with E-state index in [1.54, 1.807) is 0 Å². The second-order valence-corrected chi connectivity index (χ2v) is 13.8. The fraction of sp³-hybridized carbons (Fsp3) is 0.842. The van der Waals surface area contributed by atoms with E-state index in [-0.39, 0.29) is 30.7 Å². The van der Waals surface area contributed by atoms with E-state index in [1.807, 2.05) is 0 Å². The number of aliphatic hydroxyl groups excluding tert-OH is 2. The Morgan fingerprint density at radius 3 is 2.04 bits per heavy atom.